The van der Waals surface area contributed by atoms with E-state index in [0.29, 0.717) is 6.54 Å². The second-order valence-corrected chi connectivity index (χ2v) is 4.70. The molecule has 1 N–H and O–H groups in total. The van der Waals surface area contributed by atoms with Crippen LogP contribution in [-0.4, -0.2) is 4.92 Å². The highest BCUT2D eigenvalue weighted by Gasteiger charge is 2.10. The topological polar surface area (TPSA) is 55.2 Å². The molecule has 2 rings (SSSR count). The summed E-state index contributed by atoms with van der Waals surface area (Å²) in [5.41, 5.74) is 3.33. The fourth-order valence-electron chi connectivity index (χ4n) is 1.94. The summed E-state index contributed by atoms with van der Waals surface area (Å²) in [7, 11) is 0. The van der Waals surface area contributed by atoms with E-state index in [0.717, 1.165) is 22.8 Å². The fourth-order valence-corrected chi connectivity index (χ4v) is 1.94. The molecule has 2 aromatic carbocycles. The van der Waals surface area contributed by atoms with Crippen LogP contribution in [0.25, 0.3) is 0 Å². The first kappa shape index (κ1) is 14.0. The lowest BCUT2D eigenvalue weighted by Crippen LogP contribution is -2.03. The number of benzene rings is 2. The molecule has 0 unspecified atom stereocenters. The minimum Gasteiger partial charge on any atom is -0.379 e. The van der Waals surface area contributed by atoms with E-state index in [1.54, 1.807) is 0 Å². The largest absolute Gasteiger partial charge is 0.379 e. The quantitative estimate of drug-likeness (QED) is 0.678. The molecule has 0 fully saturated rings. The number of nitro groups is 1. The van der Waals surface area contributed by atoms with Crippen LogP contribution >= 0.6 is 0 Å². The average Bonchev–Trinajstić information content (AvgIpc) is 2.40. The Kier molecular flexibility index (Phi) is 3.98. The molecule has 104 valence electrons. The highest BCUT2D eigenvalue weighted by Crippen LogP contribution is 2.21. The molecule has 0 heterocycles. The van der Waals surface area contributed by atoms with Crippen LogP contribution in [0.1, 0.15) is 16.7 Å². The molecule has 0 saturated heterocycles. The summed E-state index contributed by atoms with van der Waals surface area (Å²) < 4.78 is 13.7. The Labute approximate surface area is 116 Å². The van der Waals surface area contributed by atoms with Gasteiger partial charge < -0.3 is 5.32 Å². The number of non-ortho nitro benzene ring substituents is 1. The number of nitrogens with zero attached hydrogens (tertiary/aromatic N) is 1. The van der Waals surface area contributed by atoms with Crippen LogP contribution in [0.2, 0.25) is 0 Å². The molecule has 0 bridgehead atoms. The molecule has 4 nitrogen and oxygen atoms in total. The Morgan fingerprint density at radius 1 is 1.20 bits per heavy atom. The van der Waals surface area contributed by atoms with E-state index < -0.39 is 10.7 Å². The Bertz CT molecular complexity index is 656. The molecule has 20 heavy (non-hydrogen) atoms. The second kappa shape index (κ2) is 5.69. The lowest BCUT2D eigenvalue weighted by atomic mass is 10.1. The summed E-state index contributed by atoms with van der Waals surface area (Å²) in [4.78, 5) is 9.93. The minimum atomic E-state index is -0.621. The van der Waals surface area contributed by atoms with Gasteiger partial charge in [-0.3, -0.25) is 10.1 Å². The van der Waals surface area contributed by atoms with Gasteiger partial charge in [-0.15, -0.1) is 0 Å². The zero-order valence-electron chi connectivity index (χ0n) is 11.3. The summed E-state index contributed by atoms with van der Waals surface area (Å²) in [6.45, 7) is 4.46. The Morgan fingerprint density at radius 2 is 1.95 bits per heavy atom. The predicted octanol–water partition coefficient (Wildman–Crippen LogP) is 3.96. The number of aryl methyl sites for hydroxylation is 2. The SMILES string of the molecule is Cc1ccc(C)c(CNc2ccc([N+](=O)[O-])cc2F)c1. The normalized spacial score (nSPS) is 10.3. The smallest absolute Gasteiger partial charge is 0.272 e. The average molecular weight is 274 g/mol. The van der Waals surface area contributed by atoms with Crippen molar-refractivity contribution in [3.8, 4) is 0 Å². The maximum Gasteiger partial charge on any atom is 0.272 e. The number of hydrogen-bond acceptors (Lipinski definition) is 3. The summed E-state index contributed by atoms with van der Waals surface area (Å²) in [6.07, 6.45) is 0. The number of anilines is 1. The van der Waals surface area contributed by atoms with Crippen LogP contribution in [0.15, 0.2) is 36.4 Å². The van der Waals surface area contributed by atoms with Gasteiger partial charge in [0.25, 0.3) is 5.69 Å². The van der Waals surface area contributed by atoms with E-state index in [9.17, 15) is 14.5 Å². The van der Waals surface area contributed by atoms with Gasteiger partial charge in [-0.25, -0.2) is 4.39 Å². The fraction of sp³-hybridized carbons (Fsp3) is 0.200. The highest BCUT2D eigenvalue weighted by atomic mass is 19.1. The first-order valence-corrected chi connectivity index (χ1v) is 6.21. The minimum absolute atomic E-state index is 0.250. The highest BCUT2D eigenvalue weighted by molar-refractivity contribution is 5.50. The summed E-state index contributed by atoms with van der Waals surface area (Å²) >= 11 is 0. The van der Waals surface area contributed by atoms with Crippen molar-refractivity contribution in [1.29, 1.82) is 0 Å². The molecule has 0 spiro atoms. The van der Waals surface area contributed by atoms with Crippen molar-refractivity contribution >= 4 is 11.4 Å². The molecule has 2 aromatic rings. The van der Waals surface area contributed by atoms with Crippen molar-refractivity contribution in [2.75, 3.05) is 5.32 Å². The Morgan fingerprint density at radius 3 is 2.60 bits per heavy atom. The summed E-state index contributed by atoms with van der Waals surface area (Å²) in [5, 5.41) is 13.5. The first-order valence-electron chi connectivity index (χ1n) is 6.21. The number of hydrogen-bond donors (Lipinski definition) is 1. The number of nitrogens with one attached hydrogen (secondary N) is 1. The van der Waals surface area contributed by atoms with Gasteiger partial charge in [-0.2, -0.15) is 0 Å². The van der Waals surface area contributed by atoms with Gasteiger partial charge >= 0.3 is 0 Å². The van der Waals surface area contributed by atoms with Gasteiger partial charge in [0.15, 0.2) is 5.82 Å². The van der Waals surface area contributed by atoms with Crippen molar-refractivity contribution in [3.05, 3.63) is 69.0 Å². The van der Waals surface area contributed by atoms with Crippen LogP contribution < -0.4 is 5.32 Å². The van der Waals surface area contributed by atoms with E-state index in [1.165, 1.54) is 12.1 Å². The summed E-state index contributed by atoms with van der Waals surface area (Å²) in [5.74, 6) is -0.621. The van der Waals surface area contributed by atoms with Crippen molar-refractivity contribution in [1.82, 2.24) is 0 Å². The van der Waals surface area contributed by atoms with E-state index in [4.69, 9.17) is 0 Å². The van der Waals surface area contributed by atoms with Crippen molar-refractivity contribution < 1.29 is 9.31 Å². The third-order valence-corrected chi connectivity index (χ3v) is 3.14. The molecular weight excluding hydrogens is 259 g/mol. The second-order valence-electron chi connectivity index (χ2n) is 4.70. The van der Waals surface area contributed by atoms with Crippen molar-refractivity contribution in [3.63, 3.8) is 0 Å². The molecule has 0 radical (unpaired) electrons. The first-order chi connectivity index (χ1) is 9.47. The van der Waals surface area contributed by atoms with Gasteiger partial charge in [-0.1, -0.05) is 23.8 Å². The third kappa shape index (κ3) is 3.12. The van der Waals surface area contributed by atoms with Gasteiger partial charge in [0.2, 0.25) is 0 Å². The molecule has 0 amide bonds. The third-order valence-electron chi connectivity index (χ3n) is 3.14. The Hall–Kier alpha value is -2.43. The maximum absolute atomic E-state index is 13.7. The van der Waals surface area contributed by atoms with E-state index in [-0.39, 0.29) is 11.4 Å². The summed E-state index contributed by atoms with van der Waals surface area (Å²) in [6, 6.07) is 9.66. The standard InChI is InChI=1S/C15H15FN2O2/c1-10-3-4-11(2)12(7-10)9-17-15-6-5-13(18(19)20)8-14(15)16/h3-8,17H,9H2,1-2H3. The van der Waals surface area contributed by atoms with Gasteiger partial charge in [0.05, 0.1) is 16.7 Å². The van der Waals surface area contributed by atoms with Crippen molar-refractivity contribution in [2.24, 2.45) is 0 Å². The lowest BCUT2D eigenvalue weighted by molar-refractivity contribution is -0.385. The molecular formula is C15H15FN2O2. The number of nitro benzene ring substituents is 1. The van der Waals surface area contributed by atoms with Gasteiger partial charge in [0.1, 0.15) is 0 Å². The van der Waals surface area contributed by atoms with Crippen LogP contribution in [0.5, 0.6) is 0 Å². The zero-order chi connectivity index (χ0) is 14.7. The lowest BCUT2D eigenvalue weighted by Gasteiger charge is -2.10. The van der Waals surface area contributed by atoms with Crippen LogP contribution in [0.3, 0.4) is 0 Å². The zero-order valence-corrected chi connectivity index (χ0v) is 11.3. The van der Waals surface area contributed by atoms with E-state index in [2.05, 4.69) is 5.32 Å². The molecule has 0 aliphatic heterocycles. The monoisotopic (exact) mass is 274 g/mol. The van der Waals surface area contributed by atoms with Crippen LogP contribution in [0, 0.1) is 29.8 Å². The van der Waals surface area contributed by atoms with Gasteiger partial charge in [-0.05, 0) is 31.0 Å². The number of rotatable bonds is 4. The molecule has 0 aliphatic carbocycles. The molecule has 5 heteroatoms. The predicted molar refractivity (Wildman–Crippen MR) is 76.3 cm³/mol. The molecule has 0 aromatic heterocycles. The molecule has 0 saturated carbocycles. The molecule has 0 aliphatic rings. The van der Waals surface area contributed by atoms with Crippen LogP contribution in [-0.2, 0) is 6.54 Å². The van der Waals surface area contributed by atoms with Crippen LogP contribution in [0.4, 0.5) is 15.8 Å². The van der Waals surface area contributed by atoms with E-state index in [1.807, 2.05) is 32.0 Å². The molecule has 0 atom stereocenters. The maximum atomic E-state index is 13.7. The van der Waals surface area contributed by atoms with Gasteiger partial charge in [0, 0.05) is 12.6 Å². The van der Waals surface area contributed by atoms with E-state index >= 15 is 0 Å². The van der Waals surface area contributed by atoms with Crippen molar-refractivity contribution in [2.45, 2.75) is 20.4 Å². The number of halogens is 1. The Balaban J connectivity index is 2.15.